The highest BCUT2D eigenvalue weighted by Crippen LogP contribution is 2.23. The summed E-state index contributed by atoms with van der Waals surface area (Å²) in [5.74, 6) is 1.32. The fourth-order valence-corrected chi connectivity index (χ4v) is 2.98. The molecule has 1 fully saturated rings. The van der Waals surface area contributed by atoms with Crippen molar-refractivity contribution in [1.29, 1.82) is 0 Å². The van der Waals surface area contributed by atoms with E-state index in [1.807, 2.05) is 26.1 Å². The quantitative estimate of drug-likeness (QED) is 0.837. The summed E-state index contributed by atoms with van der Waals surface area (Å²) in [6.45, 7) is 2.27. The SMILES string of the molecule is C[C@H](NC(=O)NCc1ccnc(OC2CCCC2)c1)c1nncn1C. The van der Waals surface area contributed by atoms with E-state index >= 15 is 0 Å². The Balaban J connectivity index is 1.49. The highest BCUT2D eigenvalue weighted by Gasteiger charge is 2.17. The number of urea groups is 1. The van der Waals surface area contributed by atoms with Gasteiger partial charge in [-0.3, -0.25) is 0 Å². The number of amides is 2. The molecule has 0 radical (unpaired) electrons. The third-order valence-electron chi connectivity index (χ3n) is 4.32. The van der Waals surface area contributed by atoms with Gasteiger partial charge in [-0.15, -0.1) is 10.2 Å². The highest BCUT2D eigenvalue weighted by atomic mass is 16.5. The lowest BCUT2D eigenvalue weighted by molar-refractivity contribution is 0.201. The van der Waals surface area contributed by atoms with E-state index in [9.17, 15) is 4.79 Å². The Hall–Kier alpha value is -2.64. The second-order valence-corrected chi connectivity index (χ2v) is 6.38. The maximum atomic E-state index is 12.1. The van der Waals surface area contributed by atoms with Gasteiger partial charge in [0.05, 0.1) is 6.04 Å². The van der Waals surface area contributed by atoms with Crippen LogP contribution in [0.5, 0.6) is 5.88 Å². The molecule has 0 aromatic carbocycles. The van der Waals surface area contributed by atoms with Crippen LogP contribution in [0.4, 0.5) is 4.79 Å². The summed E-state index contributed by atoms with van der Waals surface area (Å²) in [6.07, 6.45) is 8.20. The first-order valence-corrected chi connectivity index (χ1v) is 8.61. The number of aromatic nitrogens is 4. The second-order valence-electron chi connectivity index (χ2n) is 6.38. The number of ether oxygens (including phenoxy) is 1. The zero-order valence-corrected chi connectivity index (χ0v) is 14.6. The van der Waals surface area contributed by atoms with Crippen LogP contribution in [0.2, 0.25) is 0 Å². The zero-order chi connectivity index (χ0) is 17.6. The third-order valence-corrected chi connectivity index (χ3v) is 4.32. The summed E-state index contributed by atoms with van der Waals surface area (Å²) in [5, 5.41) is 13.5. The Morgan fingerprint density at radius 2 is 2.24 bits per heavy atom. The molecule has 0 spiro atoms. The number of hydrogen-bond donors (Lipinski definition) is 2. The number of nitrogens with one attached hydrogen (secondary N) is 2. The summed E-state index contributed by atoms with van der Waals surface area (Å²) < 4.78 is 7.67. The Labute approximate surface area is 147 Å². The van der Waals surface area contributed by atoms with E-state index < -0.39 is 0 Å². The van der Waals surface area contributed by atoms with Gasteiger partial charge >= 0.3 is 6.03 Å². The number of pyridine rings is 1. The van der Waals surface area contributed by atoms with Gasteiger partial charge in [-0.1, -0.05) is 0 Å². The topological polar surface area (TPSA) is 94.0 Å². The fraction of sp³-hybridized carbons (Fsp3) is 0.529. The van der Waals surface area contributed by atoms with Crippen LogP contribution in [0.15, 0.2) is 24.7 Å². The monoisotopic (exact) mass is 344 g/mol. The zero-order valence-electron chi connectivity index (χ0n) is 14.6. The van der Waals surface area contributed by atoms with Crippen LogP contribution < -0.4 is 15.4 Å². The van der Waals surface area contributed by atoms with Crippen LogP contribution in [0.25, 0.3) is 0 Å². The highest BCUT2D eigenvalue weighted by molar-refractivity contribution is 5.74. The van der Waals surface area contributed by atoms with Gasteiger partial charge in [0.25, 0.3) is 0 Å². The Kier molecular flexibility index (Phi) is 5.47. The number of rotatable bonds is 6. The number of aryl methyl sites for hydroxylation is 1. The van der Waals surface area contributed by atoms with Crippen LogP contribution >= 0.6 is 0 Å². The molecule has 0 saturated heterocycles. The van der Waals surface area contributed by atoms with Gasteiger partial charge in [0.2, 0.25) is 5.88 Å². The van der Waals surface area contributed by atoms with Gasteiger partial charge in [-0.2, -0.15) is 0 Å². The molecule has 1 saturated carbocycles. The molecule has 0 aliphatic heterocycles. The van der Waals surface area contributed by atoms with Crippen molar-refractivity contribution in [1.82, 2.24) is 30.4 Å². The molecule has 25 heavy (non-hydrogen) atoms. The molecule has 3 rings (SSSR count). The van der Waals surface area contributed by atoms with Gasteiger partial charge in [0, 0.05) is 25.9 Å². The summed E-state index contributed by atoms with van der Waals surface area (Å²) in [7, 11) is 1.84. The van der Waals surface area contributed by atoms with E-state index in [0.29, 0.717) is 18.2 Å². The van der Waals surface area contributed by atoms with E-state index in [4.69, 9.17) is 4.74 Å². The Morgan fingerprint density at radius 3 is 2.96 bits per heavy atom. The molecule has 1 aliphatic carbocycles. The summed E-state index contributed by atoms with van der Waals surface area (Å²) in [6, 6.07) is 3.26. The first-order valence-electron chi connectivity index (χ1n) is 8.61. The first-order chi connectivity index (χ1) is 12.1. The Morgan fingerprint density at radius 1 is 1.44 bits per heavy atom. The van der Waals surface area contributed by atoms with Crippen molar-refractivity contribution in [3.63, 3.8) is 0 Å². The van der Waals surface area contributed by atoms with Crippen LogP contribution in [-0.2, 0) is 13.6 Å². The molecule has 2 N–H and O–H groups in total. The summed E-state index contributed by atoms with van der Waals surface area (Å²) >= 11 is 0. The summed E-state index contributed by atoms with van der Waals surface area (Å²) in [4.78, 5) is 16.3. The van der Waals surface area contributed by atoms with Gasteiger partial charge in [-0.25, -0.2) is 9.78 Å². The summed E-state index contributed by atoms with van der Waals surface area (Å²) in [5.41, 5.74) is 0.949. The minimum atomic E-state index is -0.259. The van der Waals surface area contributed by atoms with Crippen molar-refractivity contribution in [2.24, 2.45) is 7.05 Å². The fourth-order valence-electron chi connectivity index (χ4n) is 2.98. The Bertz CT molecular complexity index is 711. The minimum absolute atomic E-state index is 0.230. The van der Waals surface area contributed by atoms with E-state index in [-0.39, 0.29) is 18.2 Å². The van der Waals surface area contributed by atoms with Gasteiger partial charge in [-0.05, 0) is 44.2 Å². The first kappa shape index (κ1) is 17.2. The molecule has 2 aromatic heterocycles. The average molecular weight is 344 g/mol. The molecule has 0 unspecified atom stereocenters. The molecular weight excluding hydrogens is 320 g/mol. The molecule has 2 aromatic rings. The lowest BCUT2D eigenvalue weighted by atomic mass is 10.2. The standard InChI is InChI=1S/C17H24N6O2/c1-12(16-22-20-11-23(16)2)21-17(24)19-10-13-7-8-18-15(9-13)25-14-5-3-4-6-14/h7-9,11-12,14H,3-6,10H2,1-2H3,(H2,19,21,24)/t12-/m0/s1. The molecule has 1 aliphatic rings. The van der Waals surface area contributed by atoms with Crippen molar-refractivity contribution in [2.45, 2.75) is 51.3 Å². The van der Waals surface area contributed by atoms with Crippen molar-refractivity contribution < 1.29 is 9.53 Å². The maximum Gasteiger partial charge on any atom is 0.315 e. The molecule has 2 amide bonds. The smallest absolute Gasteiger partial charge is 0.315 e. The van der Waals surface area contributed by atoms with Gasteiger partial charge in [0.15, 0.2) is 5.82 Å². The lowest BCUT2D eigenvalue weighted by Gasteiger charge is -2.15. The lowest BCUT2D eigenvalue weighted by Crippen LogP contribution is -2.37. The molecule has 8 heteroatoms. The minimum Gasteiger partial charge on any atom is -0.474 e. The molecule has 2 heterocycles. The normalized spacial score (nSPS) is 15.8. The number of carbonyl (C=O) groups excluding carboxylic acids is 1. The van der Waals surface area contributed by atoms with Gasteiger partial charge < -0.3 is 19.9 Å². The number of hydrogen-bond acceptors (Lipinski definition) is 5. The molecule has 1 atom stereocenters. The van der Waals surface area contributed by atoms with Crippen LogP contribution in [0, 0.1) is 0 Å². The van der Waals surface area contributed by atoms with Crippen molar-refractivity contribution >= 4 is 6.03 Å². The molecule has 0 bridgehead atoms. The average Bonchev–Trinajstić information content (AvgIpc) is 3.25. The maximum absolute atomic E-state index is 12.1. The largest absolute Gasteiger partial charge is 0.474 e. The van der Waals surface area contributed by atoms with Crippen molar-refractivity contribution in [3.8, 4) is 5.88 Å². The number of nitrogens with zero attached hydrogens (tertiary/aromatic N) is 4. The predicted octanol–water partition coefficient (Wildman–Crippen LogP) is 2.09. The van der Waals surface area contributed by atoms with E-state index in [1.54, 1.807) is 17.1 Å². The number of carbonyl (C=O) groups is 1. The molecular formula is C17H24N6O2. The molecule has 8 nitrogen and oxygen atoms in total. The van der Waals surface area contributed by atoms with Crippen LogP contribution in [0.1, 0.15) is 50.0 Å². The van der Waals surface area contributed by atoms with Gasteiger partial charge in [0.1, 0.15) is 12.4 Å². The second kappa shape index (κ2) is 7.96. The van der Waals surface area contributed by atoms with Crippen molar-refractivity contribution in [2.75, 3.05) is 0 Å². The van der Waals surface area contributed by atoms with E-state index in [0.717, 1.165) is 18.4 Å². The van der Waals surface area contributed by atoms with E-state index in [1.165, 1.54) is 12.8 Å². The van der Waals surface area contributed by atoms with Crippen molar-refractivity contribution in [3.05, 3.63) is 36.0 Å². The third kappa shape index (κ3) is 4.68. The molecule has 134 valence electrons. The predicted molar refractivity (Wildman–Crippen MR) is 91.9 cm³/mol. The van der Waals surface area contributed by atoms with Crippen LogP contribution in [0.3, 0.4) is 0 Å². The van der Waals surface area contributed by atoms with E-state index in [2.05, 4.69) is 25.8 Å². The van der Waals surface area contributed by atoms with Crippen LogP contribution in [-0.4, -0.2) is 31.9 Å².